The van der Waals surface area contributed by atoms with Crippen LogP contribution in [0, 0.1) is 11.3 Å². The molecule has 1 saturated carbocycles. The Labute approximate surface area is 218 Å². The van der Waals surface area contributed by atoms with Gasteiger partial charge in [-0.2, -0.15) is 14.9 Å². The molecule has 12 heteroatoms. The first-order valence-electron chi connectivity index (χ1n) is 12.3. The lowest BCUT2D eigenvalue weighted by molar-refractivity contribution is -0.122. The van der Waals surface area contributed by atoms with Gasteiger partial charge in [-0.3, -0.25) is 19.7 Å². The first kappa shape index (κ1) is 24.8. The number of imide groups is 1. The lowest BCUT2D eigenvalue weighted by Crippen LogP contribution is -2.49. The summed E-state index contributed by atoms with van der Waals surface area (Å²) in [6.45, 7) is 2.18. The maximum atomic E-state index is 13.0. The minimum Gasteiger partial charge on any atom is -0.384 e. The van der Waals surface area contributed by atoms with E-state index in [4.69, 9.17) is 10.2 Å². The number of hydrogen-bond acceptors (Lipinski definition) is 9. The predicted octanol–water partition coefficient (Wildman–Crippen LogP) is 0.971. The van der Waals surface area contributed by atoms with Gasteiger partial charge in [-0.25, -0.2) is 4.98 Å². The Balaban J connectivity index is 1.40. The van der Waals surface area contributed by atoms with Crippen molar-refractivity contribution in [1.29, 1.82) is 5.26 Å². The van der Waals surface area contributed by atoms with E-state index in [9.17, 15) is 14.4 Å². The highest BCUT2D eigenvalue weighted by molar-refractivity contribution is 6.02. The number of benzene rings is 1. The van der Waals surface area contributed by atoms with Crippen molar-refractivity contribution in [3.8, 4) is 6.07 Å². The van der Waals surface area contributed by atoms with Gasteiger partial charge in [0, 0.05) is 56.5 Å². The molecule has 3 heterocycles. The molecular weight excluding hydrogens is 486 g/mol. The molecule has 1 aliphatic carbocycles. The van der Waals surface area contributed by atoms with Crippen LogP contribution in [0.5, 0.6) is 0 Å². The number of nitrogens with one attached hydrogen (secondary N) is 3. The van der Waals surface area contributed by atoms with Gasteiger partial charge in [0.1, 0.15) is 17.3 Å². The van der Waals surface area contributed by atoms with Gasteiger partial charge in [-0.05, 0) is 37.1 Å². The van der Waals surface area contributed by atoms with E-state index in [0.29, 0.717) is 61.0 Å². The maximum Gasteiger partial charge on any atom is 0.273 e. The SMILES string of the molecule is CN/C(=C\c1cnn2c(NC3CC3)cc(N3CCN(C(=O)c4cccc(C#N)c4)CC3)nc12)C(=O)NC=O. The number of nitriles is 1. The van der Waals surface area contributed by atoms with Crippen LogP contribution in [0.25, 0.3) is 11.7 Å². The van der Waals surface area contributed by atoms with E-state index >= 15 is 0 Å². The smallest absolute Gasteiger partial charge is 0.273 e. The molecule has 3 N–H and O–H groups in total. The van der Waals surface area contributed by atoms with Crippen LogP contribution in [0.4, 0.5) is 11.6 Å². The number of piperazine rings is 1. The van der Waals surface area contributed by atoms with Crippen LogP contribution in [0.1, 0.15) is 34.3 Å². The van der Waals surface area contributed by atoms with E-state index in [-0.39, 0.29) is 11.6 Å². The molecule has 1 aliphatic heterocycles. The Kier molecular flexibility index (Phi) is 6.90. The maximum absolute atomic E-state index is 13.0. The fourth-order valence-corrected chi connectivity index (χ4v) is 4.35. The number of fused-ring (bicyclic) bond motifs is 1. The number of amides is 3. The largest absolute Gasteiger partial charge is 0.384 e. The van der Waals surface area contributed by atoms with Crippen LogP contribution in [-0.4, -0.2) is 77.0 Å². The topological polar surface area (TPSA) is 148 Å². The van der Waals surface area contributed by atoms with Gasteiger partial charge in [0.2, 0.25) is 6.41 Å². The second-order valence-corrected chi connectivity index (χ2v) is 9.12. The number of carbonyl (C=O) groups excluding carboxylic acids is 3. The minimum atomic E-state index is -0.560. The Morgan fingerprint density at radius 2 is 1.95 bits per heavy atom. The first-order chi connectivity index (χ1) is 18.5. The molecule has 38 heavy (non-hydrogen) atoms. The molecule has 2 fully saturated rings. The lowest BCUT2D eigenvalue weighted by atomic mass is 10.1. The standard InChI is InChI=1S/C26H27N9O3/c1-28-21(25(37)29-16-36)12-19-15-30-35-23(31-20-5-6-20)13-22(32-24(19)35)33-7-9-34(10-8-33)26(38)18-4-2-3-17(11-18)14-27/h2-4,11-13,15-16,20,28,31H,5-10H2,1H3,(H,29,36,37)/b21-12-. The molecule has 0 bridgehead atoms. The van der Waals surface area contributed by atoms with Crippen LogP contribution in [-0.2, 0) is 9.59 Å². The Bertz CT molecular complexity index is 1460. The van der Waals surface area contributed by atoms with E-state index in [2.05, 4.69) is 32.0 Å². The average molecular weight is 514 g/mol. The summed E-state index contributed by atoms with van der Waals surface area (Å²) in [4.78, 5) is 44.7. The van der Waals surface area contributed by atoms with Gasteiger partial charge < -0.3 is 20.4 Å². The van der Waals surface area contributed by atoms with Crippen LogP contribution in [0.3, 0.4) is 0 Å². The molecule has 0 unspecified atom stereocenters. The van der Waals surface area contributed by atoms with Gasteiger partial charge in [-0.1, -0.05) is 6.07 Å². The molecule has 194 valence electrons. The predicted molar refractivity (Wildman–Crippen MR) is 140 cm³/mol. The monoisotopic (exact) mass is 513 g/mol. The Hall–Kier alpha value is -4.92. The van der Waals surface area contributed by atoms with Gasteiger partial charge in [0.25, 0.3) is 11.8 Å². The zero-order valence-electron chi connectivity index (χ0n) is 20.8. The highest BCUT2D eigenvalue weighted by atomic mass is 16.2. The summed E-state index contributed by atoms with van der Waals surface area (Å²) in [5.74, 6) is 0.869. The number of hydrogen-bond donors (Lipinski definition) is 3. The van der Waals surface area contributed by atoms with E-state index in [1.54, 1.807) is 53.0 Å². The number of rotatable bonds is 8. The van der Waals surface area contributed by atoms with Crippen LogP contribution >= 0.6 is 0 Å². The summed E-state index contributed by atoms with van der Waals surface area (Å²) in [7, 11) is 1.60. The van der Waals surface area contributed by atoms with Crippen LogP contribution in [0.15, 0.2) is 42.2 Å². The first-order valence-corrected chi connectivity index (χ1v) is 12.3. The van der Waals surface area contributed by atoms with E-state index < -0.39 is 5.91 Å². The second-order valence-electron chi connectivity index (χ2n) is 9.12. The van der Waals surface area contributed by atoms with E-state index in [0.717, 1.165) is 24.5 Å². The number of anilines is 2. The molecule has 2 aliphatic rings. The minimum absolute atomic E-state index is 0.0994. The Morgan fingerprint density at radius 1 is 1.16 bits per heavy atom. The van der Waals surface area contributed by atoms with Crippen molar-refractivity contribution in [2.24, 2.45) is 0 Å². The Morgan fingerprint density at radius 3 is 2.63 bits per heavy atom. The van der Waals surface area contributed by atoms with Gasteiger partial charge in [0.05, 0.1) is 17.8 Å². The summed E-state index contributed by atoms with van der Waals surface area (Å²) in [5, 5.41) is 22.1. The molecule has 3 amide bonds. The van der Waals surface area contributed by atoms with Crippen molar-refractivity contribution in [2.75, 3.05) is 43.4 Å². The fourth-order valence-electron chi connectivity index (χ4n) is 4.35. The molecule has 2 aromatic heterocycles. The molecule has 12 nitrogen and oxygen atoms in total. The van der Waals surface area contributed by atoms with Crippen LogP contribution in [0.2, 0.25) is 0 Å². The number of nitrogens with zero attached hydrogens (tertiary/aromatic N) is 6. The molecule has 0 spiro atoms. The van der Waals surface area contributed by atoms with Crippen molar-refractivity contribution in [1.82, 2.24) is 30.1 Å². The molecule has 1 aromatic carbocycles. The summed E-state index contributed by atoms with van der Waals surface area (Å²) in [6.07, 6.45) is 5.72. The summed E-state index contributed by atoms with van der Waals surface area (Å²) in [5.41, 5.74) is 2.33. The molecular formula is C26H27N9O3. The average Bonchev–Trinajstić information content (AvgIpc) is 3.68. The van der Waals surface area contributed by atoms with Crippen molar-refractivity contribution in [3.05, 3.63) is 58.9 Å². The molecule has 1 saturated heterocycles. The third-order valence-corrected chi connectivity index (χ3v) is 6.55. The van der Waals surface area contributed by atoms with Gasteiger partial charge >= 0.3 is 0 Å². The molecule has 0 radical (unpaired) electrons. The van der Waals surface area contributed by atoms with Crippen molar-refractivity contribution < 1.29 is 14.4 Å². The summed E-state index contributed by atoms with van der Waals surface area (Å²) in [6, 6.07) is 11.1. The van der Waals surface area contributed by atoms with Crippen LogP contribution < -0.4 is 20.9 Å². The van der Waals surface area contributed by atoms with Crippen molar-refractivity contribution in [2.45, 2.75) is 18.9 Å². The van der Waals surface area contributed by atoms with Crippen molar-refractivity contribution >= 4 is 41.6 Å². The van der Waals surface area contributed by atoms with E-state index in [1.807, 2.05) is 6.07 Å². The second kappa shape index (κ2) is 10.6. The number of carbonyl (C=O) groups is 3. The number of aromatic nitrogens is 3. The summed E-state index contributed by atoms with van der Waals surface area (Å²) >= 11 is 0. The van der Waals surface area contributed by atoms with E-state index in [1.165, 1.54) is 0 Å². The van der Waals surface area contributed by atoms with Gasteiger partial charge in [0.15, 0.2) is 5.65 Å². The van der Waals surface area contributed by atoms with Gasteiger partial charge in [-0.15, -0.1) is 0 Å². The summed E-state index contributed by atoms with van der Waals surface area (Å²) < 4.78 is 1.71. The zero-order chi connectivity index (χ0) is 26.6. The zero-order valence-corrected chi connectivity index (χ0v) is 20.8. The molecule has 3 aromatic rings. The fraction of sp³-hybridized carbons (Fsp3) is 0.308. The highest BCUT2D eigenvalue weighted by Gasteiger charge is 2.26. The normalized spacial score (nSPS) is 15.6. The lowest BCUT2D eigenvalue weighted by Gasteiger charge is -2.35. The third-order valence-electron chi connectivity index (χ3n) is 6.55. The quantitative estimate of drug-likeness (QED) is 0.296. The van der Waals surface area contributed by atoms with Crippen molar-refractivity contribution in [3.63, 3.8) is 0 Å². The molecule has 5 rings (SSSR count). The highest BCUT2D eigenvalue weighted by Crippen LogP contribution is 2.29. The molecule has 0 atom stereocenters. The number of likely N-dealkylation sites (N-methyl/N-ethyl adjacent to an activating group) is 1. The third kappa shape index (κ3) is 5.12.